The predicted octanol–water partition coefficient (Wildman–Crippen LogP) is 2.45. The first-order valence-electron chi connectivity index (χ1n) is 7.03. The van der Waals surface area contributed by atoms with Crippen molar-refractivity contribution in [3.8, 4) is 0 Å². The van der Waals surface area contributed by atoms with Crippen molar-refractivity contribution in [1.82, 2.24) is 15.3 Å². The number of carbonyl (C=O) groups is 2. The number of hydrogen-bond acceptors (Lipinski definition) is 4. The van der Waals surface area contributed by atoms with Crippen LogP contribution in [0.25, 0.3) is 0 Å². The normalized spacial score (nSPS) is 11.7. The highest BCUT2D eigenvalue weighted by molar-refractivity contribution is 5.93. The summed E-state index contributed by atoms with van der Waals surface area (Å²) in [6.07, 6.45) is 3.97. The zero-order chi connectivity index (χ0) is 15.9. The van der Waals surface area contributed by atoms with E-state index >= 15 is 0 Å². The number of benzene rings is 1. The highest BCUT2D eigenvalue weighted by Gasteiger charge is 2.16. The van der Waals surface area contributed by atoms with E-state index in [1.807, 2.05) is 37.3 Å². The minimum absolute atomic E-state index is 0.0991. The quantitative estimate of drug-likeness (QED) is 0.854. The van der Waals surface area contributed by atoms with Gasteiger partial charge in [-0.25, -0.2) is 14.8 Å². The van der Waals surface area contributed by atoms with Gasteiger partial charge in [-0.3, -0.25) is 4.79 Å². The Kier molecular flexibility index (Phi) is 5.19. The van der Waals surface area contributed by atoms with Crippen molar-refractivity contribution in [2.75, 3.05) is 0 Å². The predicted molar refractivity (Wildman–Crippen MR) is 80.5 cm³/mol. The molecule has 2 aromatic rings. The molecule has 0 bridgehead atoms. The highest BCUT2D eigenvalue weighted by atomic mass is 16.4. The Hall–Kier alpha value is -2.76. The van der Waals surface area contributed by atoms with Crippen LogP contribution in [0, 0.1) is 0 Å². The second-order valence-corrected chi connectivity index (χ2v) is 4.82. The lowest BCUT2D eigenvalue weighted by atomic mass is 10.0. The van der Waals surface area contributed by atoms with Crippen LogP contribution in [0.4, 0.5) is 0 Å². The Bertz CT molecular complexity index is 641. The third-order valence-corrected chi connectivity index (χ3v) is 3.19. The average molecular weight is 299 g/mol. The van der Waals surface area contributed by atoms with Gasteiger partial charge in [-0.2, -0.15) is 0 Å². The first kappa shape index (κ1) is 15.6. The molecule has 0 aliphatic carbocycles. The molecule has 0 fully saturated rings. The van der Waals surface area contributed by atoms with E-state index in [2.05, 4.69) is 15.3 Å². The van der Waals surface area contributed by atoms with Gasteiger partial charge >= 0.3 is 5.97 Å². The Morgan fingerprint density at radius 1 is 1.14 bits per heavy atom. The number of carbonyl (C=O) groups excluding carboxylic acids is 1. The van der Waals surface area contributed by atoms with Gasteiger partial charge in [0.25, 0.3) is 5.91 Å². The molecule has 0 aliphatic heterocycles. The molecule has 0 saturated heterocycles. The summed E-state index contributed by atoms with van der Waals surface area (Å²) in [4.78, 5) is 30.5. The zero-order valence-electron chi connectivity index (χ0n) is 12.2. The van der Waals surface area contributed by atoms with E-state index in [4.69, 9.17) is 5.11 Å². The van der Waals surface area contributed by atoms with Gasteiger partial charge in [0.15, 0.2) is 5.69 Å². The molecule has 1 unspecified atom stereocenters. The standard InChI is InChI=1S/C16H17N3O3/c1-2-6-12(11-7-4-3-5-8-11)19-15(20)13-9-18-14(10-17-13)16(21)22/h3-5,7-10,12H,2,6H2,1H3,(H,19,20)(H,21,22). The molecule has 0 aliphatic rings. The van der Waals surface area contributed by atoms with Gasteiger partial charge < -0.3 is 10.4 Å². The molecule has 2 rings (SSSR count). The monoisotopic (exact) mass is 299 g/mol. The van der Waals surface area contributed by atoms with Gasteiger partial charge in [-0.15, -0.1) is 0 Å². The molecule has 0 radical (unpaired) electrons. The third-order valence-electron chi connectivity index (χ3n) is 3.19. The fourth-order valence-electron chi connectivity index (χ4n) is 2.08. The molecular formula is C16H17N3O3. The number of carboxylic acids is 1. The minimum atomic E-state index is -1.17. The molecule has 1 amide bonds. The van der Waals surface area contributed by atoms with Crippen LogP contribution in [0.5, 0.6) is 0 Å². The van der Waals surface area contributed by atoms with Crippen molar-refractivity contribution in [3.05, 3.63) is 59.7 Å². The van der Waals surface area contributed by atoms with Crippen LogP contribution in [-0.2, 0) is 0 Å². The first-order chi connectivity index (χ1) is 10.6. The molecule has 2 N–H and O–H groups in total. The van der Waals surface area contributed by atoms with Gasteiger partial charge in [0.1, 0.15) is 5.69 Å². The van der Waals surface area contributed by atoms with Crippen LogP contribution in [0.3, 0.4) is 0 Å². The van der Waals surface area contributed by atoms with Crippen molar-refractivity contribution in [1.29, 1.82) is 0 Å². The molecule has 0 saturated carbocycles. The van der Waals surface area contributed by atoms with Gasteiger partial charge in [-0.05, 0) is 12.0 Å². The number of nitrogens with zero attached hydrogens (tertiary/aromatic N) is 2. The molecule has 0 spiro atoms. The number of nitrogens with one attached hydrogen (secondary N) is 1. The van der Waals surface area contributed by atoms with Crippen LogP contribution in [-0.4, -0.2) is 27.0 Å². The smallest absolute Gasteiger partial charge is 0.356 e. The Labute approximate surface area is 128 Å². The number of hydrogen-bond donors (Lipinski definition) is 2. The SMILES string of the molecule is CCCC(NC(=O)c1cnc(C(=O)O)cn1)c1ccccc1. The maximum atomic E-state index is 12.2. The number of aromatic nitrogens is 2. The van der Waals surface area contributed by atoms with Gasteiger partial charge in [0, 0.05) is 0 Å². The summed E-state index contributed by atoms with van der Waals surface area (Å²) >= 11 is 0. The second kappa shape index (κ2) is 7.31. The van der Waals surface area contributed by atoms with Crippen LogP contribution in [0.15, 0.2) is 42.7 Å². The maximum absolute atomic E-state index is 12.2. The number of rotatable bonds is 6. The highest BCUT2D eigenvalue weighted by Crippen LogP contribution is 2.18. The molecule has 1 aromatic heterocycles. The number of carboxylic acid groups (broad SMARTS) is 1. The summed E-state index contributed by atoms with van der Waals surface area (Å²) in [5.74, 6) is -1.54. The Balaban J connectivity index is 2.12. The van der Waals surface area contributed by atoms with E-state index in [9.17, 15) is 9.59 Å². The van der Waals surface area contributed by atoms with E-state index in [0.717, 1.165) is 24.6 Å². The Morgan fingerprint density at radius 3 is 2.32 bits per heavy atom. The third kappa shape index (κ3) is 3.88. The summed E-state index contributed by atoms with van der Waals surface area (Å²) in [5.41, 5.74) is 0.930. The van der Waals surface area contributed by atoms with Crippen LogP contribution in [0.1, 0.15) is 52.3 Å². The van der Waals surface area contributed by atoms with Crippen LogP contribution in [0.2, 0.25) is 0 Å². The molecular weight excluding hydrogens is 282 g/mol. The zero-order valence-corrected chi connectivity index (χ0v) is 12.2. The van der Waals surface area contributed by atoms with Crippen LogP contribution < -0.4 is 5.32 Å². The Morgan fingerprint density at radius 2 is 1.77 bits per heavy atom. The van der Waals surface area contributed by atoms with Crippen molar-refractivity contribution in [2.45, 2.75) is 25.8 Å². The molecule has 22 heavy (non-hydrogen) atoms. The van der Waals surface area contributed by atoms with E-state index in [1.165, 1.54) is 6.20 Å². The number of aromatic carboxylic acids is 1. The lowest BCUT2D eigenvalue weighted by Gasteiger charge is -2.18. The summed E-state index contributed by atoms with van der Waals surface area (Å²) in [5, 5.41) is 11.7. The molecule has 1 aromatic carbocycles. The molecule has 6 heteroatoms. The van der Waals surface area contributed by atoms with E-state index in [-0.39, 0.29) is 23.3 Å². The largest absolute Gasteiger partial charge is 0.476 e. The number of amides is 1. The molecule has 114 valence electrons. The van der Waals surface area contributed by atoms with E-state index in [1.54, 1.807) is 0 Å². The topological polar surface area (TPSA) is 92.2 Å². The van der Waals surface area contributed by atoms with Crippen LogP contribution >= 0.6 is 0 Å². The van der Waals surface area contributed by atoms with Crippen molar-refractivity contribution < 1.29 is 14.7 Å². The van der Waals surface area contributed by atoms with Crippen molar-refractivity contribution in [3.63, 3.8) is 0 Å². The van der Waals surface area contributed by atoms with Gasteiger partial charge in [0.05, 0.1) is 18.4 Å². The van der Waals surface area contributed by atoms with Crippen molar-refractivity contribution in [2.24, 2.45) is 0 Å². The van der Waals surface area contributed by atoms with Gasteiger partial charge in [0.2, 0.25) is 0 Å². The lowest BCUT2D eigenvalue weighted by Crippen LogP contribution is -2.29. The molecule has 1 heterocycles. The second-order valence-electron chi connectivity index (χ2n) is 4.82. The summed E-state index contributed by atoms with van der Waals surface area (Å²) < 4.78 is 0. The minimum Gasteiger partial charge on any atom is -0.476 e. The molecule has 1 atom stereocenters. The maximum Gasteiger partial charge on any atom is 0.356 e. The first-order valence-corrected chi connectivity index (χ1v) is 7.03. The molecule has 6 nitrogen and oxygen atoms in total. The lowest BCUT2D eigenvalue weighted by molar-refractivity contribution is 0.0689. The fraction of sp³-hybridized carbons (Fsp3) is 0.250. The van der Waals surface area contributed by atoms with E-state index < -0.39 is 5.97 Å². The fourth-order valence-corrected chi connectivity index (χ4v) is 2.08. The summed E-state index contributed by atoms with van der Waals surface area (Å²) in [6, 6.07) is 9.57. The van der Waals surface area contributed by atoms with E-state index in [0.29, 0.717) is 0 Å². The summed E-state index contributed by atoms with van der Waals surface area (Å²) in [6.45, 7) is 2.05. The van der Waals surface area contributed by atoms with Crippen molar-refractivity contribution >= 4 is 11.9 Å². The average Bonchev–Trinajstić information content (AvgIpc) is 2.55. The van der Waals surface area contributed by atoms with Gasteiger partial charge in [-0.1, -0.05) is 43.7 Å². The summed E-state index contributed by atoms with van der Waals surface area (Å²) in [7, 11) is 0.